The van der Waals surface area contributed by atoms with Crippen molar-refractivity contribution in [3.63, 3.8) is 0 Å². The van der Waals surface area contributed by atoms with Crippen molar-refractivity contribution in [3.05, 3.63) is 21.9 Å². The number of pyridine rings is 1. The van der Waals surface area contributed by atoms with Crippen LogP contribution in [0, 0.1) is 17.0 Å². The molecule has 0 amide bonds. The Morgan fingerprint density at radius 2 is 2.33 bits per heavy atom. The van der Waals surface area contributed by atoms with Gasteiger partial charge in [0.15, 0.2) is 0 Å². The van der Waals surface area contributed by atoms with Gasteiger partial charge in [0.05, 0.1) is 22.4 Å². The van der Waals surface area contributed by atoms with Gasteiger partial charge in [0.2, 0.25) is 0 Å². The Hall–Kier alpha value is -1.85. The van der Waals surface area contributed by atoms with Gasteiger partial charge in [-0.25, -0.2) is 4.98 Å². The first kappa shape index (κ1) is 8.25. The topological polar surface area (TPSA) is 102 Å². The molecule has 0 fully saturated rings. The van der Waals surface area contributed by atoms with Crippen LogP contribution in [0.1, 0.15) is 5.56 Å². The van der Waals surface area contributed by atoms with E-state index in [-0.39, 0.29) is 11.3 Å². The van der Waals surface area contributed by atoms with E-state index in [0.717, 1.165) is 0 Å². The Labute approximate surface area is 67.8 Å². The first-order valence-electron chi connectivity index (χ1n) is 3.12. The summed E-state index contributed by atoms with van der Waals surface area (Å²) >= 11 is 0. The van der Waals surface area contributed by atoms with Crippen LogP contribution in [-0.4, -0.2) is 15.0 Å². The molecule has 1 aromatic heterocycles. The van der Waals surface area contributed by atoms with Gasteiger partial charge in [0, 0.05) is 0 Å². The zero-order valence-electron chi connectivity index (χ0n) is 6.31. The number of nitrogens with two attached hydrogens (primary N) is 1. The molecule has 0 aliphatic heterocycles. The van der Waals surface area contributed by atoms with E-state index >= 15 is 0 Å². The summed E-state index contributed by atoms with van der Waals surface area (Å²) in [6.45, 7) is 1.45. The largest absolute Gasteiger partial charge is 0.488 e. The molecule has 0 aromatic carbocycles. The summed E-state index contributed by atoms with van der Waals surface area (Å²) in [6.07, 6.45) is 1.18. The second kappa shape index (κ2) is 2.65. The minimum Gasteiger partial charge on any atom is -0.488 e. The van der Waals surface area contributed by atoms with Gasteiger partial charge in [-0.2, -0.15) is 0 Å². The highest BCUT2D eigenvalue weighted by molar-refractivity contribution is 5.59. The number of nitrogens with zero attached hydrogens (tertiary/aromatic N) is 2. The molecule has 0 spiro atoms. The van der Waals surface area contributed by atoms with Crippen LogP contribution in [0.4, 0.5) is 11.4 Å². The molecule has 1 heterocycles. The van der Waals surface area contributed by atoms with Gasteiger partial charge in [0.1, 0.15) is 0 Å². The molecule has 64 valence electrons. The number of anilines is 1. The van der Waals surface area contributed by atoms with Crippen molar-refractivity contribution < 1.29 is 10.0 Å². The molecule has 0 saturated carbocycles. The van der Waals surface area contributed by atoms with Crippen molar-refractivity contribution in [2.45, 2.75) is 6.92 Å². The first-order valence-corrected chi connectivity index (χ1v) is 3.12. The SMILES string of the molecule is Cc1c(N)cnc(O)c1[N+](=O)[O-]. The van der Waals surface area contributed by atoms with Crippen LogP contribution in [0.25, 0.3) is 0 Å². The minimum atomic E-state index is -0.714. The Morgan fingerprint density at radius 3 is 2.75 bits per heavy atom. The molecule has 3 N–H and O–H groups in total. The second-order valence-corrected chi connectivity index (χ2v) is 2.27. The molecule has 1 aromatic rings. The normalized spacial score (nSPS) is 9.75. The molecule has 0 atom stereocenters. The predicted octanol–water partition coefficient (Wildman–Crippen LogP) is 0.586. The molecule has 1 rings (SSSR count). The summed E-state index contributed by atoms with van der Waals surface area (Å²) in [5.41, 5.74) is 5.34. The summed E-state index contributed by atoms with van der Waals surface area (Å²) < 4.78 is 0. The third kappa shape index (κ3) is 1.14. The average molecular weight is 169 g/mol. The van der Waals surface area contributed by atoms with Gasteiger partial charge in [-0.05, 0) is 6.92 Å². The first-order chi connectivity index (χ1) is 5.54. The van der Waals surface area contributed by atoms with Crippen molar-refractivity contribution in [1.29, 1.82) is 0 Å². The third-order valence-electron chi connectivity index (χ3n) is 1.51. The van der Waals surface area contributed by atoms with Gasteiger partial charge in [-0.3, -0.25) is 10.1 Å². The van der Waals surface area contributed by atoms with Gasteiger partial charge in [0.25, 0.3) is 5.88 Å². The maximum absolute atomic E-state index is 10.3. The highest BCUT2D eigenvalue weighted by Gasteiger charge is 2.19. The van der Waals surface area contributed by atoms with Crippen LogP contribution in [0.2, 0.25) is 0 Å². The molecule has 0 bridgehead atoms. The molecule has 6 heteroatoms. The van der Waals surface area contributed by atoms with Crippen LogP contribution in [0.3, 0.4) is 0 Å². The second-order valence-electron chi connectivity index (χ2n) is 2.27. The Bertz CT molecular complexity index is 337. The van der Waals surface area contributed by atoms with Crippen LogP contribution in [0.5, 0.6) is 5.88 Å². The molecule has 0 saturated heterocycles. The maximum Gasteiger partial charge on any atom is 0.335 e. The molecule has 0 radical (unpaired) electrons. The Kier molecular flexibility index (Phi) is 1.82. The van der Waals surface area contributed by atoms with E-state index in [0.29, 0.717) is 0 Å². The lowest BCUT2D eigenvalue weighted by Crippen LogP contribution is -1.98. The van der Waals surface area contributed by atoms with Crippen molar-refractivity contribution in [2.75, 3.05) is 5.73 Å². The monoisotopic (exact) mass is 169 g/mol. The van der Waals surface area contributed by atoms with Gasteiger partial charge < -0.3 is 10.8 Å². The number of rotatable bonds is 1. The number of hydrogen-bond donors (Lipinski definition) is 2. The fraction of sp³-hybridized carbons (Fsp3) is 0.167. The van der Waals surface area contributed by atoms with Crippen molar-refractivity contribution >= 4 is 11.4 Å². The van der Waals surface area contributed by atoms with Crippen LogP contribution in [0.15, 0.2) is 6.20 Å². The lowest BCUT2D eigenvalue weighted by molar-refractivity contribution is -0.386. The molecule has 0 unspecified atom stereocenters. The highest BCUT2D eigenvalue weighted by atomic mass is 16.6. The smallest absolute Gasteiger partial charge is 0.335 e. The maximum atomic E-state index is 10.3. The zero-order valence-corrected chi connectivity index (χ0v) is 6.31. The summed E-state index contributed by atoms with van der Waals surface area (Å²) in [4.78, 5) is 13.0. The number of nitrogen functional groups attached to an aromatic ring is 1. The van der Waals surface area contributed by atoms with E-state index in [4.69, 9.17) is 10.8 Å². The van der Waals surface area contributed by atoms with E-state index < -0.39 is 16.5 Å². The summed E-state index contributed by atoms with van der Waals surface area (Å²) in [5.74, 6) is -0.605. The van der Waals surface area contributed by atoms with Crippen LogP contribution >= 0.6 is 0 Å². The van der Waals surface area contributed by atoms with E-state index in [1.807, 2.05) is 0 Å². The number of aromatic nitrogens is 1. The summed E-state index contributed by atoms with van der Waals surface area (Å²) in [7, 11) is 0. The van der Waals surface area contributed by atoms with Crippen molar-refractivity contribution in [3.8, 4) is 5.88 Å². The number of hydrogen-bond acceptors (Lipinski definition) is 5. The van der Waals surface area contributed by atoms with Crippen LogP contribution in [-0.2, 0) is 0 Å². The van der Waals surface area contributed by atoms with Gasteiger partial charge in [-0.1, -0.05) is 0 Å². The predicted molar refractivity (Wildman–Crippen MR) is 41.7 cm³/mol. The molecule has 6 nitrogen and oxygen atoms in total. The van der Waals surface area contributed by atoms with Crippen molar-refractivity contribution in [1.82, 2.24) is 4.98 Å². The quantitative estimate of drug-likeness (QED) is 0.473. The highest BCUT2D eigenvalue weighted by Crippen LogP contribution is 2.29. The lowest BCUT2D eigenvalue weighted by Gasteiger charge is -2.00. The van der Waals surface area contributed by atoms with E-state index in [9.17, 15) is 10.1 Å². The van der Waals surface area contributed by atoms with E-state index in [1.165, 1.54) is 13.1 Å². The zero-order chi connectivity index (χ0) is 9.30. The number of nitro groups is 1. The standard InChI is InChI=1S/C6H7N3O3/c1-3-4(7)2-8-6(10)5(3)9(11)12/h2H,7H2,1H3,(H,8,10). The van der Waals surface area contributed by atoms with Crippen LogP contribution < -0.4 is 5.73 Å². The third-order valence-corrected chi connectivity index (χ3v) is 1.51. The fourth-order valence-corrected chi connectivity index (χ4v) is 0.812. The minimum absolute atomic E-state index is 0.194. The number of aromatic hydroxyl groups is 1. The molecule has 12 heavy (non-hydrogen) atoms. The van der Waals surface area contributed by atoms with E-state index in [1.54, 1.807) is 0 Å². The fourth-order valence-electron chi connectivity index (χ4n) is 0.812. The average Bonchev–Trinajstić information content (AvgIpc) is 1.97. The van der Waals surface area contributed by atoms with Gasteiger partial charge in [-0.15, -0.1) is 0 Å². The van der Waals surface area contributed by atoms with Crippen molar-refractivity contribution in [2.24, 2.45) is 0 Å². The molecular formula is C6H7N3O3. The van der Waals surface area contributed by atoms with E-state index in [2.05, 4.69) is 4.98 Å². The summed E-state index contributed by atoms with van der Waals surface area (Å²) in [5, 5.41) is 19.3. The molecule has 0 aliphatic rings. The molecule has 0 aliphatic carbocycles. The summed E-state index contributed by atoms with van der Waals surface area (Å²) in [6, 6.07) is 0. The Balaban J connectivity index is 3.43. The lowest BCUT2D eigenvalue weighted by atomic mass is 10.2. The Morgan fingerprint density at radius 1 is 1.75 bits per heavy atom. The van der Waals surface area contributed by atoms with Gasteiger partial charge >= 0.3 is 5.69 Å². The molecular weight excluding hydrogens is 162 g/mol.